The molecule has 5 nitrogen and oxygen atoms in total. The van der Waals surface area contributed by atoms with Gasteiger partial charge in [-0.05, 0) is 13.3 Å². The first kappa shape index (κ1) is 22.0. The zero-order valence-corrected chi connectivity index (χ0v) is 16.3. The fourth-order valence-electron chi connectivity index (χ4n) is 2.84. The first-order valence-corrected chi connectivity index (χ1v) is 10.5. The molecular formula is C16H38N2O3Si. The molecule has 6 heteroatoms. The minimum Gasteiger partial charge on any atom is -0.376 e. The summed E-state index contributed by atoms with van der Waals surface area (Å²) in [7, 11) is 2.28. The molecule has 3 N–H and O–H groups in total. The van der Waals surface area contributed by atoms with E-state index < -0.39 is 8.80 Å². The van der Waals surface area contributed by atoms with Gasteiger partial charge in [0, 0.05) is 21.3 Å². The van der Waals surface area contributed by atoms with Crippen molar-refractivity contribution in [2.24, 2.45) is 5.73 Å². The monoisotopic (exact) mass is 334 g/mol. The Morgan fingerprint density at radius 1 is 0.864 bits per heavy atom. The largest absolute Gasteiger partial charge is 0.518 e. The minimum absolute atomic E-state index is 0.0487. The number of nitrogens with two attached hydrogens (primary N) is 1. The van der Waals surface area contributed by atoms with Crippen LogP contribution >= 0.6 is 0 Å². The second kappa shape index (κ2) is 13.5. The highest BCUT2D eigenvalue weighted by atomic mass is 28.4. The maximum absolute atomic E-state index is 5.90. The lowest BCUT2D eigenvalue weighted by Gasteiger charge is -2.34. The van der Waals surface area contributed by atoms with Gasteiger partial charge in [-0.1, -0.05) is 58.3 Å². The van der Waals surface area contributed by atoms with Crippen LogP contribution in [-0.2, 0) is 13.3 Å². The van der Waals surface area contributed by atoms with Gasteiger partial charge < -0.3 is 19.0 Å². The van der Waals surface area contributed by atoms with E-state index in [0.29, 0.717) is 0 Å². The van der Waals surface area contributed by atoms with Crippen molar-refractivity contribution in [3.05, 3.63) is 0 Å². The Hall–Kier alpha value is 0.0169. The quantitative estimate of drug-likeness (QED) is 0.273. The lowest BCUT2D eigenvalue weighted by molar-refractivity contribution is 0.103. The third kappa shape index (κ3) is 8.60. The summed E-state index contributed by atoms with van der Waals surface area (Å²) < 4.78 is 16.8. The van der Waals surface area contributed by atoms with Crippen molar-refractivity contribution < 1.29 is 13.3 Å². The molecule has 0 radical (unpaired) electrons. The summed E-state index contributed by atoms with van der Waals surface area (Å²) >= 11 is 0. The maximum atomic E-state index is 5.90. The minimum atomic E-state index is -2.69. The molecule has 134 valence electrons. The van der Waals surface area contributed by atoms with E-state index in [9.17, 15) is 0 Å². The molecule has 0 aliphatic carbocycles. The Balaban J connectivity index is 4.15. The first-order valence-electron chi connectivity index (χ1n) is 8.73. The van der Waals surface area contributed by atoms with E-state index in [1.165, 1.54) is 44.9 Å². The number of hydrogen-bond donors (Lipinski definition) is 2. The van der Waals surface area contributed by atoms with E-state index >= 15 is 0 Å². The maximum Gasteiger partial charge on any atom is 0.518 e. The standard InChI is InChI=1S/C16H38N2O3Si/c1-6-7-8-9-10-11-12-13-14-16(18-15(2)17)22(19-3,20-4)21-5/h15-16,18H,6-14,17H2,1-5H3. The van der Waals surface area contributed by atoms with Crippen molar-refractivity contribution in [1.29, 1.82) is 0 Å². The van der Waals surface area contributed by atoms with Crippen LogP contribution in [0.5, 0.6) is 0 Å². The van der Waals surface area contributed by atoms with E-state index in [0.717, 1.165) is 12.8 Å². The van der Waals surface area contributed by atoms with Crippen molar-refractivity contribution in [2.75, 3.05) is 21.3 Å². The summed E-state index contributed by atoms with van der Waals surface area (Å²) in [5.74, 6) is 0. The second-order valence-electron chi connectivity index (χ2n) is 5.99. The summed E-state index contributed by atoms with van der Waals surface area (Å²) in [6, 6.07) is 0. The summed E-state index contributed by atoms with van der Waals surface area (Å²) in [5.41, 5.74) is 5.95. The lowest BCUT2D eigenvalue weighted by Crippen LogP contribution is -2.63. The summed E-state index contributed by atoms with van der Waals surface area (Å²) in [5, 5.41) is 3.36. The molecule has 2 unspecified atom stereocenters. The molecule has 0 aromatic carbocycles. The van der Waals surface area contributed by atoms with Crippen LogP contribution in [0.4, 0.5) is 0 Å². The Morgan fingerprint density at radius 3 is 1.73 bits per heavy atom. The predicted octanol–water partition coefficient (Wildman–Crippen LogP) is 3.20. The Morgan fingerprint density at radius 2 is 1.32 bits per heavy atom. The summed E-state index contributed by atoms with van der Waals surface area (Å²) in [4.78, 5) is 0. The van der Waals surface area contributed by atoms with Gasteiger partial charge >= 0.3 is 8.80 Å². The molecule has 0 bridgehead atoms. The molecule has 0 amide bonds. The van der Waals surface area contributed by atoms with Crippen molar-refractivity contribution in [2.45, 2.75) is 83.5 Å². The highest BCUT2D eigenvalue weighted by Gasteiger charge is 2.47. The molecule has 0 heterocycles. The van der Waals surface area contributed by atoms with Crippen molar-refractivity contribution in [3.63, 3.8) is 0 Å². The normalized spacial score (nSPS) is 15.0. The Bertz CT molecular complexity index is 243. The lowest BCUT2D eigenvalue weighted by atomic mass is 10.1. The number of unbranched alkanes of at least 4 members (excludes halogenated alkanes) is 7. The van der Waals surface area contributed by atoms with Gasteiger partial charge in [0.05, 0.1) is 11.8 Å². The molecule has 2 atom stereocenters. The van der Waals surface area contributed by atoms with Gasteiger partial charge in [-0.25, -0.2) is 0 Å². The van der Waals surface area contributed by atoms with Crippen LogP contribution in [0.1, 0.15) is 71.6 Å². The molecule has 0 spiro atoms. The van der Waals surface area contributed by atoms with E-state index in [4.69, 9.17) is 19.0 Å². The average molecular weight is 335 g/mol. The van der Waals surface area contributed by atoms with Crippen molar-refractivity contribution >= 4 is 8.80 Å². The molecule has 22 heavy (non-hydrogen) atoms. The van der Waals surface area contributed by atoms with Crippen LogP contribution in [-0.4, -0.2) is 42.0 Å². The Labute approximate surface area is 138 Å². The van der Waals surface area contributed by atoms with Gasteiger partial charge in [0.15, 0.2) is 0 Å². The van der Waals surface area contributed by atoms with E-state index in [-0.39, 0.29) is 11.8 Å². The van der Waals surface area contributed by atoms with Crippen LogP contribution in [0, 0.1) is 0 Å². The Kier molecular flexibility index (Phi) is 13.5. The summed E-state index contributed by atoms with van der Waals surface area (Å²) in [6.07, 6.45) is 11.3. The van der Waals surface area contributed by atoms with Crippen molar-refractivity contribution in [1.82, 2.24) is 5.32 Å². The van der Waals surface area contributed by atoms with Gasteiger partial charge in [0.1, 0.15) is 0 Å². The van der Waals surface area contributed by atoms with Crippen LogP contribution in [0.3, 0.4) is 0 Å². The van der Waals surface area contributed by atoms with Gasteiger partial charge in [0.2, 0.25) is 0 Å². The number of rotatable bonds is 15. The second-order valence-corrected chi connectivity index (χ2v) is 9.12. The molecule has 0 aromatic heterocycles. The average Bonchev–Trinajstić information content (AvgIpc) is 2.51. The number of hydrogen-bond acceptors (Lipinski definition) is 5. The fourth-order valence-corrected chi connectivity index (χ4v) is 5.22. The van der Waals surface area contributed by atoms with Gasteiger partial charge in [-0.3, -0.25) is 5.32 Å². The molecule has 0 fully saturated rings. The highest BCUT2D eigenvalue weighted by Crippen LogP contribution is 2.19. The van der Waals surface area contributed by atoms with Crippen LogP contribution in [0.15, 0.2) is 0 Å². The van der Waals surface area contributed by atoms with Gasteiger partial charge in [-0.15, -0.1) is 0 Å². The van der Waals surface area contributed by atoms with E-state index in [1.54, 1.807) is 21.3 Å². The van der Waals surface area contributed by atoms with E-state index in [1.807, 2.05) is 6.92 Å². The van der Waals surface area contributed by atoms with Gasteiger partial charge in [-0.2, -0.15) is 0 Å². The predicted molar refractivity (Wildman–Crippen MR) is 94.6 cm³/mol. The topological polar surface area (TPSA) is 65.7 Å². The molecule has 0 aromatic rings. The third-order valence-corrected chi connectivity index (χ3v) is 7.11. The molecule has 0 saturated carbocycles. The van der Waals surface area contributed by atoms with Crippen molar-refractivity contribution in [3.8, 4) is 0 Å². The molecule has 0 saturated heterocycles. The molecular weight excluding hydrogens is 296 g/mol. The van der Waals surface area contributed by atoms with Crippen LogP contribution in [0.2, 0.25) is 0 Å². The highest BCUT2D eigenvalue weighted by molar-refractivity contribution is 6.62. The smallest absolute Gasteiger partial charge is 0.376 e. The molecule has 0 rings (SSSR count). The third-order valence-electron chi connectivity index (χ3n) is 4.09. The van der Waals surface area contributed by atoms with E-state index in [2.05, 4.69) is 12.2 Å². The zero-order chi connectivity index (χ0) is 16.8. The molecule has 0 aliphatic rings. The zero-order valence-electron chi connectivity index (χ0n) is 15.3. The van der Waals surface area contributed by atoms with Crippen LogP contribution in [0.25, 0.3) is 0 Å². The van der Waals surface area contributed by atoms with Crippen LogP contribution < -0.4 is 11.1 Å². The molecule has 0 aliphatic heterocycles. The first-order chi connectivity index (χ1) is 10.6. The number of nitrogens with one attached hydrogen (secondary N) is 1. The van der Waals surface area contributed by atoms with Gasteiger partial charge in [0.25, 0.3) is 0 Å². The SMILES string of the molecule is CCCCCCCCCCC(NC(C)N)[Si](OC)(OC)OC. The summed E-state index contributed by atoms with van der Waals surface area (Å²) in [6.45, 7) is 4.18. The fraction of sp³-hybridized carbons (Fsp3) is 1.00.